The van der Waals surface area contributed by atoms with Gasteiger partial charge in [-0.15, -0.1) is 0 Å². The molecule has 0 saturated carbocycles. The van der Waals surface area contributed by atoms with Crippen LogP contribution in [-0.2, 0) is 4.79 Å². The van der Waals surface area contributed by atoms with Gasteiger partial charge in [0.2, 0.25) is 0 Å². The highest BCUT2D eigenvalue weighted by atomic mass is 32.2. The van der Waals surface area contributed by atoms with Crippen LogP contribution in [0.2, 0.25) is 0 Å². The van der Waals surface area contributed by atoms with Gasteiger partial charge in [-0.3, -0.25) is 4.79 Å². The number of carbonyl (C=O) groups excluding carboxylic acids is 1. The first-order chi connectivity index (χ1) is 10.6. The van der Waals surface area contributed by atoms with Crippen LogP contribution in [0.4, 0.5) is 10.1 Å². The summed E-state index contributed by atoms with van der Waals surface area (Å²) >= 11 is 1.70. The van der Waals surface area contributed by atoms with E-state index in [1.165, 1.54) is 18.4 Å². The number of anilines is 1. The quantitative estimate of drug-likeness (QED) is 0.911. The van der Waals surface area contributed by atoms with Crippen LogP contribution in [-0.4, -0.2) is 28.1 Å². The summed E-state index contributed by atoms with van der Waals surface area (Å²) in [6.45, 7) is 0. The topological polar surface area (TPSA) is 62.5 Å². The van der Waals surface area contributed by atoms with Gasteiger partial charge in [0.1, 0.15) is 17.2 Å². The van der Waals surface area contributed by atoms with Gasteiger partial charge in [0.05, 0.1) is 12.0 Å². The summed E-state index contributed by atoms with van der Waals surface area (Å²) in [5, 5.41) is 12.9. The molecule has 116 valence electrons. The minimum Gasteiger partial charge on any atom is -0.464 e. The predicted octanol–water partition coefficient (Wildman–Crippen LogP) is 3.28. The second-order valence-electron chi connectivity index (χ2n) is 5.27. The Morgan fingerprint density at radius 2 is 2.09 bits per heavy atom. The summed E-state index contributed by atoms with van der Waals surface area (Å²) in [6, 6.07) is 7.85. The SMILES string of the molecule is O=C(Nc1cc(-c2ccco2)ccc1F)C1(O)CCSCC1. The number of aliphatic hydroxyl groups is 1. The molecule has 0 aliphatic carbocycles. The number of hydrogen-bond donors (Lipinski definition) is 2. The first-order valence-electron chi connectivity index (χ1n) is 7.03. The molecule has 1 saturated heterocycles. The summed E-state index contributed by atoms with van der Waals surface area (Å²) in [6.07, 6.45) is 2.28. The largest absolute Gasteiger partial charge is 0.464 e. The van der Waals surface area contributed by atoms with Gasteiger partial charge in [-0.25, -0.2) is 4.39 Å². The number of hydrogen-bond acceptors (Lipinski definition) is 4. The van der Waals surface area contributed by atoms with E-state index in [1.54, 1.807) is 30.0 Å². The zero-order valence-corrected chi connectivity index (χ0v) is 12.7. The van der Waals surface area contributed by atoms with Gasteiger partial charge in [0, 0.05) is 5.56 Å². The fourth-order valence-electron chi connectivity index (χ4n) is 2.39. The van der Waals surface area contributed by atoms with Crippen molar-refractivity contribution in [2.75, 3.05) is 16.8 Å². The van der Waals surface area contributed by atoms with Crippen LogP contribution in [0.25, 0.3) is 11.3 Å². The standard InChI is InChI=1S/C16H16FNO3S/c17-12-4-3-11(14-2-1-7-21-14)10-13(12)18-15(19)16(20)5-8-22-9-6-16/h1-4,7,10,20H,5-6,8-9H2,(H,18,19). The van der Waals surface area contributed by atoms with Crippen molar-refractivity contribution in [2.45, 2.75) is 18.4 Å². The molecule has 2 heterocycles. The number of benzene rings is 1. The van der Waals surface area contributed by atoms with Gasteiger partial charge in [0.15, 0.2) is 0 Å². The maximum Gasteiger partial charge on any atom is 0.256 e. The van der Waals surface area contributed by atoms with E-state index in [0.29, 0.717) is 24.2 Å². The fraction of sp³-hybridized carbons (Fsp3) is 0.312. The maximum absolute atomic E-state index is 13.9. The van der Waals surface area contributed by atoms with Crippen LogP contribution in [0, 0.1) is 5.82 Å². The van der Waals surface area contributed by atoms with E-state index in [1.807, 2.05) is 0 Å². The van der Waals surface area contributed by atoms with E-state index in [4.69, 9.17) is 4.42 Å². The van der Waals surface area contributed by atoms with Gasteiger partial charge in [-0.2, -0.15) is 11.8 Å². The van der Waals surface area contributed by atoms with Crippen molar-refractivity contribution in [3.8, 4) is 11.3 Å². The second-order valence-corrected chi connectivity index (χ2v) is 6.49. The van der Waals surface area contributed by atoms with Crippen LogP contribution in [0.3, 0.4) is 0 Å². The molecule has 0 atom stereocenters. The monoisotopic (exact) mass is 321 g/mol. The highest BCUT2D eigenvalue weighted by Crippen LogP contribution is 2.30. The molecule has 0 radical (unpaired) electrons. The minimum atomic E-state index is -1.42. The summed E-state index contributed by atoms with van der Waals surface area (Å²) < 4.78 is 19.2. The Morgan fingerprint density at radius 1 is 1.32 bits per heavy atom. The summed E-state index contributed by atoms with van der Waals surface area (Å²) in [7, 11) is 0. The molecule has 1 aromatic heterocycles. The third kappa shape index (κ3) is 3.03. The average Bonchev–Trinajstić information content (AvgIpc) is 3.04. The van der Waals surface area contributed by atoms with Crippen molar-refractivity contribution < 1.29 is 18.7 Å². The molecule has 0 unspecified atom stereocenters. The van der Waals surface area contributed by atoms with E-state index >= 15 is 0 Å². The Hall–Kier alpha value is -1.79. The molecule has 3 rings (SSSR count). The van der Waals surface area contributed by atoms with Crippen LogP contribution in [0.15, 0.2) is 41.0 Å². The Labute approximate surface area is 131 Å². The number of furan rings is 1. The van der Waals surface area contributed by atoms with Crippen LogP contribution < -0.4 is 5.32 Å². The smallest absolute Gasteiger partial charge is 0.256 e. The number of nitrogens with one attached hydrogen (secondary N) is 1. The predicted molar refractivity (Wildman–Crippen MR) is 84.2 cm³/mol. The highest BCUT2D eigenvalue weighted by Gasteiger charge is 2.37. The van der Waals surface area contributed by atoms with E-state index in [-0.39, 0.29) is 5.69 Å². The average molecular weight is 321 g/mol. The Kier molecular flexibility index (Phi) is 4.22. The molecule has 0 spiro atoms. The lowest BCUT2D eigenvalue weighted by Crippen LogP contribution is -2.45. The second kappa shape index (κ2) is 6.14. The molecular formula is C16H16FNO3S. The summed E-state index contributed by atoms with van der Waals surface area (Å²) in [4.78, 5) is 12.3. The molecular weight excluding hydrogens is 305 g/mol. The van der Waals surface area contributed by atoms with Crippen LogP contribution >= 0.6 is 11.8 Å². The number of thioether (sulfide) groups is 1. The third-order valence-corrected chi connectivity index (χ3v) is 4.75. The number of carbonyl (C=O) groups is 1. The van der Waals surface area contributed by atoms with Gasteiger partial charge in [-0.05, 0) is 54.7 Å². The molecule has 1 aliphatic heterocycles. The summed E-state index contributed by atoms with van der Waals surface area (Å²) in [5.74, 6) is 0.932. The van der Waals surface area contributed by atoms with E-state index < -0.39 is 17.3 Å². The van der Waals surface area contributed by atoms with Crippen molar-refractivity contribution in [2.24, 2.45) is 0 Å². The van der Waals surface area contributed by atoms with Crippen molar-refractivity contribution in [1.29, 1.82) is 0 Å². The van der Waals surface area contributed by atoms with Crippen LogP contribution in [0.5, 0.6) is 0 Å². The Bertz CT molecular complexity index is 666. The lowest BCUT2D eigenvalue weighted by Gasteiger charge is -2.30. The summed E-state index contributed by atoms with van der Waals surface area (Å²) in [5.41, 5.74) is -0.711. The Morgan fingerprint density at radius 3 is 2.77 bits per heavy atom. The molecule has 1 aliphatic rings. The van der Waals surface area contributed by atoms with E-state index in [9.17, 15) is 14.3 Å². The van der Waals surface area contributed by atoms with E-state index in [2.05, 4.69) is 5.32 Å². The first-order valence-corrected chi connectivity index (χ1v) is 8.19. The van der Waals surface area contributed by atoms with E-state index in [0.717, 1.165) is 11.5 Å². The molecule has 1 fully saturated rings. The number of amides is 1. The maximum atomic E-state index is 13.9. The van der Waals surface area contributed by atoms with Crippen molar-refractivity contribution in [1.82, 2.24) is 0 Å². The molecule has 2 aromatic rings. The third-order valence-electron chi connectivity index (χ3n) is 3.76. The zero-order valence-electron chi connectivity index (χ0n) is 11.8. The normalized spacial score (nSPS) is 17.2. The number of halogens is 1. The molecule has 0 bridgehead atoms. The zero-order chi connectivity index (χ0) is 15.6. The van der Waals surface area contributed by atoms with Crippen LogP contribution in [0.1, 0.15) is 12.8 Å². The fourth-order valence-corrected chi connectivity index (χ4v) is 3.56. The molecule has 1 amide bonds. The Balaban J connectivity index is 1.82. The lowest BCUT2D eigenvalue weighted by atomic mass is 9.95. The molecule has 4 nitrogen and oxygen atoms in total. The van der Waals surface area contributed by atoms with Gasteiger partial charge < -0.3 is 14.8 Å². The van der Waals surface area contributed by atoms with Crippen molar-refractivity contribution in [3.63, 3.8) is 0 Å². The van der Waals surface area contributed by atoms with Gasteiger partial charge in [0.25, 0.3) is 5.91 Å². The lowest BCUT2D eigenvalue weighted by molar-refractivity contribution is -0.134. The van der Waals surface area contributed by atoms with Gasteiger partial charge in [-0.1, -0.05) is 0 Å². The van der Waals surface area contributed by atoms with Crippen molar-refractivity contribution >= 4 is 23.4 Å². The highest BCUT2D eigenvalue weighted by molar-refractivity contribution is 7.99. The first kappa shape index (κ1) is 15.1. The molecule has 2 N–H and O–H groups in total. The molecule has 22 heavy (non-hydrogen) atoms. The van der Waals surface area contributed by atoms with Crippen molar-refractivity contribution in [3.05, 3.63) is 42.4 Å². The number of rotatable bonds is 3. The minimum absolute atomic E-state index is 0.0468. The molecule has 1 aromatic carbocycles. The molecule has 6 heteroatoms. The van der Waals surface area contributed by atoms with Gasteiger partial charge >= 0.3 is 0 Å².